The zero-order valence-corrected chi connectivity index (χ0v) is 17.6. The number of rotatable bonds is 8. The van der Waals surface area contributed by atoms with Crippen LogP contribution in [0.3, 0.4) is 0 Å². The fourth-order valence-corrected chi connectivity index (χ4v) is 5.93. The lowest BCUT2D eigenvalue weighted by molar-refractivity contribution is -0.119. The van der Waals surface area contributed by atoms with E-state index < -0.39 is 31.9 Å². The highest BCUT2D eigenvalue weighted by Crippen LogP contribution is 2.30. The number of hydrogen-bond acceptors (Lipinski definition) is 6. The van der Waals surface area contributed by atoms with Gasteiger partial charge in [-0.05, 0) is 51.0 Å². The molecule has 0 saturated carbocycles. The maximum absolute atomic E-state index is 12.5. The third-order valence-electron chi connectivity index (χ3n) is 4.11. The Hall–Kier alpha value is -1.49. The predicted molar refractivity (Wildman–Crippen MR) is 103 cm³/mol. The van der Waals surface area contributed by atoms with Gasteiger partial charge >= 0.3 is 0 Å². The molecular formula is C17H26N2O6S2. The first kappa shape index (κ1) is 21.8. The maximum Gasteiger partial charge on any atom is 0.244 e. The molecule has 0 bridgehead atoms. The average Bonchev–Trinajstić information content (AvgIpc) is 2.73. The summed E-state index contributed by atoms with van der Waals surface area (Å²) in [4.78, 5) is 12.2. The molecule has 27 heavy (non-hydrogen) atoms. The van der Waals surface area contributed by atoms with E-state index in [1.54, 1.807) is 13.8 Å². The van der Waals surface area contributed by atoms with Crippen LogP contribution in [-0.4, -0.2) is 47.8 Å². The molecular weight excluding hydrogens is 392 g/mol. The molecule has 1 aliphatic heterocycles. The first-order valence-electron chi connectivity index (χ1n) is 8.74. The summed E-state index contributed by atoms with van der Waals surface area (Å²) in [5.41, 5.74) is 0.520. The van der Waals surface area contributed by atoms with E-state index in [1.165, 1.54) is 18.2 Å². The average molecular weight is 419 g/mol. The van der Waals surface area contributed by atoms with E-state index >= 15 is 0 Å². The summed E-state index contributed by atoms with van der Waals surface area (Å²) >= 11 is 0. The molecule has 1 atom stereocenters. The standard InChI is InChI=1S/C17H26N2O6S2/c1-12(2)25-9-5-8-18-27(23,24)16-7-6-15(10-13(16)3)19-17(20)14(4)11-26(19,21)22/h6-7,10,12,14,18H,5,8-9,11H2,1-4H3. The smallest absolute Gasteiger partial charge is 0.244 e. The van der Waals surface area contributed by atoms with E-state index in [4.69, 9.17) is 4.74 Å². The molecule has 0 aromatic heterocycles. The molecule has 1 heterocycles. The molecule has 1 amide bonds. The molecule has 1 aliphatic rings. The first-order chi connectivity index (χ1) is 12.5. The zero-order valence-electron chi connectivity index (χ0n) is 15.9. The first-order valence-corrected chi connectivity index (χ1v) is 11.8. The topological polar surface area (TPSA) is 110 Å². The minimum absolute atomic E-state index is 0.0492. The number of anilines is 1. The molecule has 1 aromatic rings. The Morgan fingerprint density at radius 2 is 2.00 bits per heavy atom. The predicted octanol–water partition coefficient (Wildman–Crippen LogP) is 1.40. The van der Waals surface area contributed by atoms with Gasteiger partial charge in [-0.3, -0.25) is 4.79 Å². The lowest BCUT2D eigenvalue weighted by Gasteiger charge is -2.17. The summed E-state index contributed by atoms with van der Waals surface area (Å²) in [7, 11) is -7.47. The molecule has 1 saturated heterocycles. The van der Waals surface area contributed by atoms with Gasteiger partial charge in [-0.2, -0.15) is 0 Å². The number of ether oxygens (including phenoxy) is 1. The number of amides is 1. The number of carbonyl (C=O) groups is 1. The Bertz CT molecular complexity index is 909. The quantitative estimate of drug-likeness (QED) is 0.639. The van der Waals surface area contributed by atoms with Gasteiger partial charge in [0.1, 0.15) is 0 Å². The number of nitrogens with zero attached hydrogens (tertiary/aromatic N) is 1. The van der Waals surface area contributed by atoms with Gasteiger partial charge in [0.25, 0.3) is 0 Å². The Balaban J connectivity index is 2.15. The number of sulfonamides is 2. The summed E-state index contributed by atoms with van der Waals surface area (Å²) < 4.78 is 58.0. The Morgan fingerprint density at radius 3 is 2.52 bits per heavy atom. The maximum atomic E-state index is 12.5. The van der Waals surface area contributed by atoms with Crippen molar-refractivity contribution in [1.29, 1.82) is 0 Å². The lowest BCUT2D eigenvalue weighted by Crippen LogP contribution is -2.30. The Labute approximate surface area is 161 Å². The van der Waals surface area contributed by atoms with Crippen LogP contribution in [-0.2, 0) is 29.6 Å². The number of benzene rings is 1. The molecule has 0 aliphatic carbocycles. The van der Waals surface area contributed by atoms with Crippen molar-refractivity contribution in [2.45, 2.75) is 45.1 Å². The molecule has 0 spiro atoms. The molecule has 10 heteroatoms. The van der Waals surface area contributed by atoms with Gasteiger partial charge in [-0.1, -0.05) is 6.92 Å². The van der Waals surface area contributed by atoms with Gasteiger partial charge < -0.3 is 4.74 Å². The van der Waals surface area contributed by atoms with Gasteiger partial charge in [0.05, 0.1) is 28.4 Å². The second kappa shape index (κ2) is 8.26. The van der Waals surface area contributed by atoms with Crippen LogP contribution >= 0.6 is 0 Å². The monoisotopic (exact) mass is 418 g/mol. The van der Waals surface area contributed by atoms with Gasteiger partial charge in [0.15, 0.2) is 0 Å². The fourth-order valence-electron chi connectivity index (χ4n) is 2.82. The third-order valence-corrected chi connectivity index (χ3v) is 7.60. The van der Waals surface area contributed by atoms with Gasteiger partial charge in [-0.15, -0.1) is 0 Å². The van der Waals surface area contributed by atoms with E-state index in [9.17, 15) is 21.6 Å². The van der Waals surface area contributed by atoms with E-state index in [0.29, 0.717) is 18.6 Å². The largest absolute Gasteiger partial charge is 0.379 e. The van der Waals surface area contributed by atoms with Crippen molar-refractivity contribution in [1.82, 2.24) is 4.72 Å². The van der Waals surface area contributed by atoms with Crippen molar-refractivity contribution < 1.29 is 26.4 Å². The number of nitrogens with one attached hydrogen (secondary N) is 1. The SMILES string of the molecule is Cc1cc(N2C(=O)C(C)CS2(=O)=O)ccc1S(=O)(=O)NCCCOC(C)C. The zero-order chi connectivity index (χ0) is 20.4. The van der Waals surface area contributed by atoms with Crippen LogP contribution < -0.4 is 9.03 Å². The van der Waals surface area contributed by atoms with Crippen LogP contribution in [0.25, 0.3) is 0 Å². The van der Waals surface area contributed by atoms with Crippen LogP contribution in [0.5, 0.6) is 0 Å². The van der Waals surface area contributed by atoms with Gasteiger partial charge in [0.2, 0.25) is 26.0 Å². The van der Waals surface area contributed by atoms with E-state index in [0.717, 1.165) is 4.31 Å². The van der Waals surface area contributed by atoms with Crippen molar-refractivity contribution in [3.63, 3.8) is 0 Å². The van der Waals surface area contributed by atoms with Gasteiger partial charge in [0, 0.05) is 13.2 Å². The molecule has 2 rings (SSSR count). The highest BCUT2D eigenvalue weighted by Gasteiger charge is 2.42. The summed E-state index contributed by atoms with van der Waals surface area (Å²) in [5.74, 6) is -1.37. The lowest BCUT2D eigenvalue weighted by atomic mass is 10.2. The summed E-state index contributed by atoms with van der Waals surface area (Å²) in [6, 6.07) is 4.07. The summed E-state index contributed by atoms with van der Waals surface area (Å²) in [5, 5.41) is 0. The highest BCUT2D eigenvalue weighted by molar-refractivity contribution is 7.94. The van der Waals surface area contributed by atoms with Crippen LogP contribution in [0.1, 0.15) is 32.8 Å². The molecule has 1 aromatic carbocycles. The van der Waals surface area contributed by atoms with E-state index in [2.05, 4.69) is 4.72 Å². The van der Waals surface area contributed by atoms with Crippen LogP contribution in [0, 0.1) is 12.8 Å². The summed E-state index contributed by atoms with van der Waals surface area (Å²) in [6.45, 7) is 7.61. The second-order valence-corrected chi connectivity index (χ2v) is 10.5. The highest BCUT2D eigenvalue weighted by atomic mass is 32.2. The van der Waals surface area contributed by atoms with Crippen molar-refractivity contribution in [3.05, 3.63) is 23.8 Å². The minimum atomic E-state index is -3.74. The van der Waals surface area contributed by atoms with Crippen LogP contribution in [0.2, 0.25) is 0 Å². The Kier molecular flexibility index (Phi) is 6.67. The second-order valence-electron chi connectivity index (χ2n) is 6.90. The molecule has 1 N–H and O–H groups in total. The molecule has 8 nitrogen and oxygen atoms in total. The van der Waals surface area contributed by atoms with Crippen LogP contribution in [0.4, 0.5) is 5.69 Å². The van der Waals surface area contributed by atoms with E-state index in [1.807, 2.05) is 13.8 Å². The number of hydrogen-bond donors (Lipinski definition) is 1. The van der Waals surface area contributed by atoms with Crippen molar-refractivity contribution in [2.75, 3.05) is 23.2 Å². The van der Waals surface area contributed by atoms with Crippen molar-refractivity contribution in [2.24, 2.45) is 5.92 Å². The molecule has 1 fully saturated rings. The van der Waals surface area contributed by atoms with Crippen LogP contribution in [0.15, 0.2) is 23.1 Å². The molecule has 1 unspecified atom stereocenters. The minimum Gasteiger partial charge on any atom is -0.379 e. The third kappa shape index (κ3) is 5.07. The number of carbonyl (C=O) groups excluding carboxylic acids is 1. The molecule has 0 radical (unpaired) electrons. The van der Waals surface area contributed by atoms with Crippen molar-refractivity contribution >= 4 is 31.6 Å². The normalized spacial score (nSPS) is 19.8. The fraction of sp³-hybridized carbons (Fsp3) is 0.588. The Morgan fingerprint density at radius 1 is 1.33 bits per heavy atom. The van der Waals surface area contributed by atoms with Crippen molar-refractivity contribution in [3.8, 4) is 0 Å². The van der Waals surface area contributed by atoms with E-state index in [-0.39, 0.29) is 29.0 Å². The number of aryl methyl sites for hydroxylation is 1. The van der Waals surface area contributed by atoms with Gasteiger partial charge in [-0.25, -0.2) is 25.9 Å². The summed E-state index contributed by atoms with van der Waals surface area (Å²) in [6.07, 6.45) is 0.621. The molecule has 152 valence electrons.